The normalized spacial score (nSPS) is 22.1. The van der Waals surface area contributed by atoms with Crippen LogP contribution in [0.15, 0.2) is 0 Å². The van der Waals surface area contributed by atoms with Crippen LogP contribution in [-0.4, -0.2) is 23.8 Å². The lowest BCUT2D eigenvalue weighted by molar-refractivity contribution is -0.152. The average molecular weight is 214 g/mol. The summed E-state index contributed by atoms with van der Waals surface area (Å²) in [5, 5.41) is 10.0. The first-order valence-electron chi connectivity index (χ1n) is 6.01. The van der Waals surface area contributed by atoms with E-state index in [9.17, 15) is 9.90 Å². The molecule has 0 aromatic heterocycles. The number of ether oxygens (including phenoxy) is 1. The van der Waals surface area contributed by atoms with Crippen molar-refractivity contribution in [1.29, 1.82) is 0 Å². The van der Waals surface area contributed by atoms with Gasteiger partial charge in [0.15, 0.2) is 0 Å². The summed E-state index contributed by atoms with van der Waals surface area (Å²) in [5.41, 5.74) is 0. The standard InChI is InChI=1S/C12H22O3/c1-3-15-12(14)9(2)11(13)10-7-5-4-6-8-10/h9-11,13H,3-8H2,1-2H3/t9-,11+/m1/s1. The van der Waals surface area contributed by atoms with Crippen LogP contribution in [0.4, 0.5) is 0 Å². The monoisotopic (exact) mass is 214 g/mol. The van der Waals surface area contributed by atoms with Crippen molar-refractivity contribution in [3.63, 3.8) is 0 Å². The van der Waals surface area contributed by atoms with Gasteiger partial charge in [-0.15, -0.1) is 0 Å². The minimum Gasteiger partial charge on any atom is -0.466 e. The van der Waals surface area contributed by atoms with Gasteiger partial charge in [-0.3, -0.25) is 4.79 Å². The second-order valence-electron chi connectivity index (χ2n) is 4.43. The lowest BCUT2D eigenvalue weighted by atomic mass is 9.81. The van der Waals surface area contributed by atoms with Crippen LogP contribution in [0.1, 0.15) is 46.0 Å². The summed E-state index contributed by atoms with van der Waals surface area (Å²) in [6.45, 7) is 3.94. The van der Waals surface area contributed by atoms with Gasteiger partial charge in [-0.2, -0.15) is 0 Å². The van der Waals surface area contributed by atoms with Crippen molar-refractivity contribution in [1.82, 2.24) is 0 Å². The zero-order valence-electron chi connectivity index (χ0n) is 9.74. The van der Waals surface area contributed by atoms with Gasteiger partial charge in [0.25, 0.3) is 0 Å². The molecule has 0 aromatic carbocycles. The quantitative estimate of drug-likeness (QED) is 0.729. The van der Waals surface area contributed by atoms with Crippen molar-refractivity contribution >= 4 is 5.97 Å². The Bertz CT molecular complexity index is 197. The van der Waals surface area contributed by atoms with Gasteiger partial charge in [0.2, 0.25) is 0 Å². The molecule has 1 N–H and O–H groups in total. The van der Waals surface area contributed by atoms with E-state index in [1.54, 1.807) is 13.8 Å². The van der Waals surface area contributed by atoms with E-state index in [0.717, 1.165) is 12.8 Å². The lowest BCUT2D eigenvalue weighted by Gasteiger charge is -2.29. The van der Waals surface area contributed by atoms with Crippen LogP contribution in [-0.2, 0) is 9.53 Å². The molecule has 1 saturated carbocycles. The molecule has 0 aromatic rings. The molecule has 15 heavy (non-hydrogen) atoms. The fourth-order valence-electron chi connectivity index (χ4n) is 2.30. The van der Waals surface area contributed by atoms with Crippen LogP contribution < -0.4 is 0 Å². The van der Waals surface area contributed by atoms with Gasteiger partial charge in [0, 0.05) is 0 Å². The second-order valence-corrected chi connectivity index (χ2v) is 4.43. The Balaban J connectivity index is 2.43. The van der Waals surface area contributed by atoms with Gasteiger partial charge in [-0.1, -0.05) is 19.3 Å². The zero-order valence-corrected chi connectivity index (χ0v) is 9.74. The molecule has 0 amide bonds. The second kappa shape index (κ2) is 6.11. The third-order valence-corrected chi connectivity index (χ3v) is 3.30. The number of esters is 1. The molecule has 0 spiro atoms. The minimum atomic E-state index is -0.524. The maximum Gasteiger partial charge on any atom is 0.311 e. The van der Waals surface area contributed by atoms with Crippen LogP contribution in [0.25, 0.3) is 0 Å². The predicted molar refractivity (Wildman–Crippen MR) is 58.4 cm³/mol. The van der Waals surface area contributed by atoms with Crippen molar-refractivity contribution in [2.24, 2.45) is 11.8 Å². The first-order valence-corrected chi connectivity index (χ1v) is 6.01. The fraction of sp³-hybridized carbons (Fsp3) is 0.917. The van der Waals surface area contributed by atoms with E-state index in [0.29, 0.717) is 6.61 Å². The topological polar surface area (TPSA) is 46.5 Å². The zero-order chi connectivity index (χ0) is 11.3. The first kappa shape index (κ1) is 12.5. The highest BCUT2D eigenvalue weighted by atomic mass is 16.5. The molecule has 1 aliphatic rings. The number of hydrogen-bond donors (Lipinski definition) is 1. The number of rotatable bonds is 4. The SMILES string of the molecule is CCOC(=O)[C@H](C)[C@H](O)C1CCCCC1. The molecule has 1 fully saturated rings. The van der Waals surface area contributed by atoms with E-state index in [2.05, 4.69) is 0 Å². The van der Waals surface area contributed by atoms with Crippen LogP contribution in [0.3, 0.4) is 0 Å². The molecule has 0 unspecified atom stereocenters. The molecular formula is C12H22O3. The molecule has 0 heterocycles. The van der Waals surface area contributed by atoms with E-state index in [4.69, 9.17) is 4.74 Å². The fourth-order valence-corrected chi connectivity index (χ4v) is 2.30. The number of carbonyl (C=O) groups is 1. The molecule has 2 atom stereocenters. The predicted octanol–water partition coefficient (Wildman–Crippen LogP) is 2.13. The third-order valence-electron chi connectivity index (χ3n) is 3.30. The molecular weight excluding hydrogens is 192 g/mol. The molecule has 3 nitrogen and oxygen atoms in total. The van der Waals surface area contributed by atoms with Crippen molar-refractivity contribution in [2.45, 2.75) is 52.1 Å². The molecule has 1 aliphatic carbocycles. The Kier molecular flexibility index (Phi) is 5.09. The first-order chi connectivity index (χ1) is 7.16. The summed E-state index contributed by atoms with van der Waals surface area (Å²) < 4.78 is 4.92. The number of hydrogen-bond acceptors (Lipinski definition) is 3. The highest BCUT2D eigenvalue weighted by molar-refractivity contribution is 5.72. The Hall–Kier alpha value is -0.570. The van der Waals surface area contributed by atoms with E-state index < -0.39 is 6.10 Å². The van der Waals surface area contributed by atoms with Crippen LogP contribution in [0, 0.1) is 11.8 Å². The van der Waals surface area contributed by atoms with E-state index >= 15 is 0 Å². The van der Waals surface area contributed by atoms with Gasteiger partial charge in [0.05, 0.1) is 18.6 Å². The largest absolute Gasteiger partial charge is 0.466 e. The number of carbonyl (C=O) groups excluding carboxylic acids is 1. The summed E-state index contributed by atoms with van der Waals surface area (Å²) in [7, 11) is 0. The van der Waals surface area contributed by atoms with Crippen LogP contribution >= 0.6 is 0 Å². The van der Waals surface area contributed by atoms with Crippen molar-refractivity contribution in [2.75, 3.05) is 6.61 Å². The Morgan fingerprint density at radius 3 is 2.53 bits per heavy atom. The summed E-state index contributed by atoms with van der Waals surface area (Å²) in [5.74, 6) is -0.359. The third kappa shape index (κ3) is 3.49. The molecule has 0 bridgehead atoms. The van der Waals surface area contributed by atoms with Crippen LogP contribution in [0.2, 0.25) is 0 Å². The lowest BCUT2D eigenvalue weighted by Crippen LogP contribution is -2.34. The maximum atomic E-state index is 11.4. The molecule has 1 rings (SSSR count). The van der Waals surface area contributed by atoms with Crippen molar-refractivity contribution in [3.8, 4) is 0 Å². The van der Waals surface area contributed by atoms with Gasteiger partial charge in [-0.05, 0) is 32.6 Å². The van der Waals surface area contributed by atoms with Crippen molar-refractivity contribution < 1.29 is 14.6 Å². The van der Waals surface area contributed by atoms with E-state index in [1.165, 1.54) is 19.3 Å². The summed E-state index contributed by atoms with van der Waals surface area (Å²) >= 11 is 0. The molecule has 88 valence electrons. The Labute approximate surface area is 91.8 Å². The molecule has 0 saturated heterocycles. The number of aliphatic hydroxyl groups is 1. The van der Waals surface area contributed by atoms with Crippen LogP contribution in [0.5, 0.6) is 0 Å². The van der Waals surface area contributed by atoms with Crippen molar-refractivity contribution in [3.05, 3.63) is 0 Å². The summed E-state index contributed by atoms with van der Waals surface area (Å²) in [6, 6.07) is 0. The smallest absolute Gasteiger partial charge is 0.311 e. The van der Waals surface area contributed by atoms with Gasteiger partial charge in [-0.25, -0.2) is 0 Å². The summed E-state index contributed by atoms with van der Waals surface area (Å²) in [6.07, 6.45) is 5.19. The van der Waals surface area contributed by atoms with Gasteiger partial charge < -0.3 is 9.84 Å². The minimum absolute atomic E-state index is 0.268. The molecule has 0 aliphatic heterocycles. The van der Waals surface area contributed by atoms with E-state index in [-0.39, 0.29) is 17.8 Å². The highest BCUT2D eigenvalue weighted by Crippen LogP contribution is 2.29. The van der Waals surface area contributed by atoms with E-state index in [1.807, 2.05) is 0 Å². The molecule has 3 heteroatoms. The Morgan fingerprint density at radius 2 is 2.00 bits per heavy atom. The Morgan fingerprint density at radius 1 is 1.40 bits per heavy atom. The average Bonchev–Trinajstić information content (AvgIpc) is 2.28. The number of aliphatic hydroxyl groups excluding tert-OH is 1. The molecule has 0 radical (unpaired) electrons. The maximum absolute atomic E-state index is 11.4. The highest BCUT2D eigenvalue weighted by Gasteiger charge is 2.30. The summed E-state index contributed by atoms with van der Waals surface area (Å²) in [4.78, 5) is 11.4. The van der Waals surface area contributed by atoms with Gasteiger partial charge >= 0.3 is 5.97 Å². The van der Waals surface area contributed by atoms with Gasteiger partial charge in [0.1, 0.15) is 0 Å².